The summed E-state index contributed by atoms with van der Waals surface area (Å²) in [6, 6.07) is 13.5. The van der Waals surface area contributed by atoms with Gasteiger partial charge in [-0.3, -0.25) is 4.79 Å². The Bertz CT molecular complexity index is 1650. The first-order chi connectivity index (χ1) is 18.0. The van der Waals surface area contributed by atoms with Gasteiger partial charge in [0.1, 0.15) is 6.61 Å². The molecule has 38 heavy (non-hydrogen) atoms. The van der Waals surface area contributed by atoms with Crippen molar-refractivity contribution in [2.75, 3.05) is 24.7 Å². The Morgan fingerprint density at radius 1 is 1.08 bits per heavy atom. The van der Waals surface area contributed by atoms with Crippen molar-refractivity contribution in [1.82, 2.24) is 8.96 Å². The number of alkyl halides is 3. The normalized spacial score (nSPS) is 14.9. The summed E-state index contributed by atoms with van der Waals surface area (Å²) in [5.74, 6) is -0.243. The summed E-state index contributed by atoms with van der Waals surface area (Å²) in [6.07, 6.45) is -3.71. The van der Waals surface area contributed by atoms with Crippen LogP contribution in [-0.4, -0.2) is 48.1 Å². The first kappa shape index (κ1) is 25.9. The van der Waals surface area contributed by atoms with Crippen molar-refractivity contribution >= 4 is 32.7 Å². The molecule has 1 N–H and O–H groups in total. The molecule has 198 valence electrons. The Morgan fingerprint density at radius 2 is 1.82 bits per heavy atom. The second kappa shape index (κ2) is 9.53. The highest BCUT2D eigenvalue weighted by Gasteiger charge is 2.41. The number of anilines is 1. The zero-order valence-corrected chi connectivity index (χ0v) is 20.9. The molecule has 0 radical (unpaired) electrons. The van der Waals surface area contributed by atoms with Gasteiger partial charge in [-0.25, -0.2) is 17.4 Å². The Kier molecular flexibility index (Phi) is 6.49. The average molecular weight is 546 g/mol. The molecule has 0 saturated carbocycles. The van der Waals surface area contributed by atoms with Crippen LogP contribution in [0.25, 0.3) is 22.2 Å². The van der Waals surface area contributed by atoms with E-state index in [1.165, 1.54) is 41.4 Å². The zero-order valence-electron chi connectivity index (χ0n) is 20.1. The van der Waals surface area contributed by atoms with Gasteiger partial charge in [-0.05, 0) is 42.8 Å². The Balaban J connectivity index is 1.71. The molecule has 12 heteroatoms. The summed E-state index contributed by atoms with van der Waals surface area (Å²) in [5, 5.41) is 9.48. The number of ether oxygens (including phenoxy) is 1. The van der Waals surface area contributed by atoms with E-state index in [-0.39, 0.29) is 23.0 Å². The number of hydrogen-bond donors (Lipinski definition) is 1. The summed E-state index contributed by atoms with van der Waals surface area (Å²) >= 11 is 0. The van der Waals surface area contributed by atoms with Gasteiger partial charge in [0, 0.05) is 29.4 Å². The molecule has 1 fully saturated rings. The van der Waals surface area contributed by atoms with Crippen LogP contribution in [0.2, 0.25) is 0 Å². The number of hydrogen-bond acceptors (Lipinski definition) is 6. The van der Waals surface area contributed by atoms with E-state index in [1.54, 1.807) is 31.2 Å². The van der Waals surface area contributed by atoms with Gasteiger partial charge in [0.25, 0.3) is 15.9 Å². The third-order valence-corrected chi connectivity index (χ3v) is 8.07. The molecule has 1 amide bonds. The van der Waals surface area contributed by atoms with Crippen LogP contribution in [0.4, 0.5) is 18.9 Å². The van der Waals surface area contributed by atoms with Crippen molar-refractivity contribution in [1.29, 1.82) is 0 Å². The molecule has 1 aliphatic heterocycles. The molecule has 4 aromatic rings. The number of amides is 1. The van der Waals surface area contributed by atoms with Gasteiger partial charge >= 0.3 is 6.18 Å². The van der Waals surface area contributed by atoms with E-state index in [4.69, 9.17) is 4.74 Å². The van der Waals surface area contributed by atoms with Crippen LogP contribution in [0.15, 0.2) is 65.7 Å². The number of fused-ring (bicyclic) bond motifs is 1. The number of aliphatic hydroxyl groups excluding tert-OH is 1. The molecule has 3 heterocycles. The second-order valence-electron chi connectivity index (χ2n) is 8.80. The number of halogens is 3. The largest absolute Gasteiger partial charge is 0.418 e. The number of carbonyl (C=O) groups excluding carboxylic acids is 1. The molecule has 5 rings (SSSR count). The van der Waals surface area contributed by atoms with E-state index in [1.807, 2.05) is 0 Å². The topological polar surface area (TPSA) is 102 Å². The highest BCUT2D eigenvalue weighted by atomic mass is 32.2. The van der Waals surface area contributed by atoms with Crippen LogP contribution < -0.4 is 4.90 Å². The maximum Gasteiger partial charge on any atom is 0.418 e. The molecular formula is C26H22F3N3O5S. The molecule has 0 spiro atoms. The molecule has 0 aliphatic carbocycles. The fourth-order valence-corrected chi connectivity index (χ4v) is 6.03. The van der Waals surface area contributed by atoms with Crippen molar-refractivity contribution in [2.45, 2.75) is 24.6 Å². The lowest BCUT2D eigenvalue weighted by Gasteiger charge is -2.27. The quantitative estimate of drug-likeness (QED) is 0.405. The number of aliphatic hydroxyl groups is 1. The van der Waals surface area contributed by atoms with Crippen LogP contribution >= 0.6 is 0 Å². The van der Waals surface area contributed by atoms with E-state index in [0.717, 1.165) is 5.56 Å². The van der Waals surface area contributed by atoms with E-state index >= 15 is 0 Å². The summed E-state index contributed by atoms with van der Waals surface area (Å²) < 4.78 is 75.5. The standard InChI is InChI=1S/C26H22F3N3O5S/c1-16-5-7-20(8-6-16)38(35,36)32-22(14-33)24(26(27,28)29)21-12-18(13-30-25(21)32)17-3-2-4-19(11-17)31-9-10-37-15-23(31)34/h2-8,11-13,33H,9-10,14-15H2,1H3. The first-order valence-electron chi connectivity index (χ1n) is 11.5. The maximum absolute atomic E-state index is 14.3. The van der Waals surface area contributed by atoms with Crippen molar-refractivity contribution in [2.24, 2.45) is 0 Å². The lowest BCUT2D eigenvalue weighted by Crippen LogP contribution is -2.41. The van der Waals surface area contributed by atoms with Crippen LogP contribution in [0.1, 0.15) is 16.8 Å². The minimum atomic E-state index is -4.98. The number of aryl methyl sites for hydroxylation is 1. The lowest BCUT2D eigenvalue weighted by molar-refractivity contribution is -0.137. The molecule has 0 atom stereocenters. The number of carbonyl (C=O) groups is 1. The molecule has 1 saturated heterocycles. The van der Waals surface area contributed by atoms with Gasteiger partial charge in [0.2, 0.25) is 0 Å². The average Bonchev–Trinajstić information content (AvgIpc) is 3.24. The summed E-state index contributed by atoms with van der Waals surface area (Å²) in [7, 11) is -4.53. The summed E-state index contributed by atoms with van der Waals surface area (Å²) in [6.45, 7) is 1.18. The van der Waals surface area contributed by atoms with E-state index in [0.29, 0.717) is 28.4 Å². The van der Waals surface area contributed by atoms with Gasteiger partial charge in [-0.2, -0.15) is 13.2 Å². The molecule has 2 aromatic heterocycles. The molecule has 8 nitrogen and oxygen atoms in total. The van der Waals surface area contributed by atoms with E-state index in [2.05, 4.69) is 4.98 Å². The Hall–Kier alpha value is -3.74. The second-order valence-corrected chi connectivity index (χ2v) is 10.6. The van der Waals surface area contributed by atoms with Gasteiger partial charge in [0.05, 0.1) is 29.4 Å². The monoisotopic (exact) mass is 545 g/mol. The predicted molar refractivity (Wildman–Crippen MR) is 133 cm³/mol. The third-order valence-electron chi connectivity index (χ3n) is 6.33. The third kappa shape index (κ3) is 4.44. The number of benzene rings is 2. The van der Waals surface area contributed by atoms with Crippen molar-refractivity contribution in [3.05, 3.63) is 77.6 Å². The van der Waals surface area contributed by atoms with E-state index in [9.17, 15) is 31.5 Å². The number of nitrogens with zero attached hydrogens (tertiary/aromatic N) is 3. The molecular weight excluding hydrogens is 523 g/mol. The van der Waals surface area contributed by atoms with Crippen LogP contribution in [0.5, 0.6) is 0 Å². The number of rotatable bonds is 5. The van der Waals surface area contributed by atoms with Crippen LogP contribution in [-0.2, 0) is 32.3 Å². The fourth-order valence-electron chi connectivity index (χ4n) is 4.52. The molecule has 1 aliphatic rings. The summed E-state index contributed by atoms with van der Waals surface area (Å²) in [5.41, 5.74) is -0.495. The predicted octanol–water partition coefficient (Wildman–Crippen LogP) is 4.12. The number of morpholine rings is 1. The van der Waals surface area contributed by atoms with Gasteiger partial charge < -0.3 is 14.7 Å². The van der Waals surface area contributed by atoms with Gasteiger partial charge in [0.15, 0.2) is 5.65 Å². The first-order valence-corrected chi connectivity index (χ1v) is 13.0. The number of pyridine rings is 1. The van der Waals surface area contributed by atoms with Crippen molar-refractivity contribution < 1.29 is 36.2 Å². The van der Waals surface area contributed by atoms with Crippen molar-refractivity contribution in [3.63, 3.8) is 0 Å². The smallest absolute Gasteiger partial charge is 0.390 e. The highest BCUT2D eigenvalue weighted by molar-refractivity contribution is 7.90. The minimum Gasteiger partial charge on any atom is -0.390 e. The fraction of sp³-hybridized carbons (Fsp3) is 0.231. The maximum atomic E-state index is 14.3. The summed E-state index contributed by atoms with van der Waals surface area (Å²) in [4.78, 5) is 17.7. The number of aromatic nitrogens is 2. The highest BCUT2D eigenvalue weighted by Crippen LogP contribution is 2.41. The van der Waals surface area contributed by atoms with Crippen LogP contribution in [0.3, 0.4) is 0 Å². The molecule has 0 bridgehead atoms. The van der Waals surface area contributed by atoms with Crippen molar-refractivity contribution in [3.8, 4) is 11.1 Å². The zero-order chi connectivity index (χ0) is 27.2. The van der Waals surface area contributed by atoms with Gasteiger partial charge in [-0.1, -0.05) is 29.8 Å². The SMILES string of the molecule is Cc1ccc(S(=O)(=O)n2c(CO)c(C(F)(F)F)c3cc(-c4cccc(N5CCOCC5=O)c4)cnc32)cc1. The Morgan fingerprint density at radius 3 is 2.47 bits per heavy atom. The lowest BCUT2D eigenvalue weighted by atomic mass is 10.0. The van der Waals surface area contributed by atoms with Crippen LogP contribution in [0, 0.1) is 6.92 Å². The molecule has 2 aromatic carbocycles. The molecule has 0 unspecified atom stereocenters. The minimum absolute atomic E-state index is 0.0698. The van der Waals surface area contributed by atoms with E-state index < -0.39 is 45.1 Å². The van der Waals surface area contributed by atoms with Gasteiger partial charge in [-0.15, -0.1) is 0 Å². The Labute approximate surface area is 216 Å².